The van der Waals surface area contributed by atoms with Gasteiger partial charge in [0.15, 0.2) is 11.5 Å². The molecule has 112 valence electrons. The normalized spacial score (nSPS) is 24.5. The predicted molar refractivity (Wildman–Crippen MR) is 72.4 cm³/mol. The summed E-state index contributed by atoms with van der Waals surface area (Å²) in [6, 6.07) is 6.42. The van der Waals surface area contributed by atoms with Gasteiger partial charge in [0, 0.05) is 19.6 Å². The van der Waals surface area contributed by atoms with Crippen LogP contribution in [0.2, 0.25) is 0 Å². The van der Waals surface area contributed by atoms with Gasteiger partial charge in [-0.2, -0.15) is 0 Å². The number of carboxylic acid groups (broad SMARTS) is 1. The van der Waals surface area contributed by atoms with Crippen molar-refractivity contribution in [2.75, 3.05) is 26.2 Å². The number of para-hydroxylation sites is 2. The quantitative estimate of drug-likeness (QED) is 0.779. The van der Waals surface area contributed by atoms with Crippen molar-refractivity contribution in [2.45, 2.75) is 12.1 Å². The van der Waals surface area contributed by atoms with E-state index in [0.717, 1.165) is 0 Å². The summed E-state index contributed by atoms with van der Waals surface area (Å²) in [5.74, 6) is -0.0480. The molecule has 2 aliphatic heterocycles. The van der Waals surface area contributed by atoms with Crippen molar-refractivity contribution in [3.05, 3.63) is 24.3 Å². The Morgan fingerprint density at radius 2 is 2.05 bits per heavy atom. The van der Waals surface area contributed by atoms with Crippen LogP contribution in [-0.4, -0.2) is 60.3 Å². The van der Waals surface area contributed by atoms with Gasteiger partial charge in [0.1, 0.15) is 12.6 Å². The standard InChI is InChI=1S/C14H16N2O5/c17-13(16-6-5-15-9(7-16)14(18)19)12-8-20-10-3-1-2-4-11(10)21-12/h1-4,9,12,15H,5-8H2,(H,18,19)/t9-,12+/m1/s1. The number of carboxylic acids is 1. The van der Waals surface area contributed by atoms with Gasteiger partial charge in [0.25, 0.3) is 5.91 Å². The molecule has 1 aromatic rings. The highest BCUT2D eigenvalue weighted by Crippen LogP contribution is 2.31. The fourth-order valence-electron chi connectivity index (χ4n) is 2.46. The Morgan fingerprint density at radius 3 is 2.81 bits per heavy atom. The average molecular weight is 292 g/mol. The van der Waals surface area contributed by atoms with Crippen LogP contribution in [0.1, 0.15) is 0 Å². The van der Waals surface area contributed by atoms with Crippen molar-refractivity contribution in [2.24, 2.45) is 0 Å². The van der Waals surface area contributed by atoms with E-state index in [-0.39, 0.29) is 19.1 Å². The molecular weight excluding hydrogens is 276 g/mol. The number of hydrogen-bond acceptors (Lipinski definition) is 5. The summed E-state index contributed by atoms with van der Waals surface area (Å²) < 4.78 is 11.2. The van der Waals surface area contributed by atoms with Crippen LogP contribution in [0.5, 0.6) is 11.5 Å². The summed E-state index contributed by atoms with van der Waals surface area (Å²) in [6.45, 7) is 1.18. The summed E-state index contributed by atoms with van der Waals surface area (Å²) in [5, 5.41) is 11.9. The molecule has 2 heterocycles. The molecule has 0 saturated carbocycles. The van der Waals surface area contributed by atoms with E-state index in [9.17, 15) is 9.59 Å². The van der Waals surface area contributed by atoms with Crippen LogP contribution in [0, 0.1) is 0 Å². The van der Waals surface area contributed by atoms with E-state index < -0.39 is 18.1 Å². The molecule has 0 bridgehead atoms. The molecule has 1 saturated heterocycles. The van der Waals surface area contributed by atoms with Crippen LogP contribution < -0.4 is 14.8 Å². The highest BCUT2D eigenvalue weighted by molar-refractivity contribution is 5.83. The van der Waals surface area contributed by atoms with Gasteiger partial charge in [-0.05, 0) is 12.1 Å². The Bertz CT molecular complexity index is 562. The zero-order chi connectivity index (χ0) is 14.8. The van der Waals surface area contributed by atoms with Crippen molar-refractivity contribution in [1.82, 2.24) is 10.2 Å². The van der Waals surface area contributed by atoms with Gasteiger partial charge in [0.2, 0.25) is 6.10 Å². The van der Waals surface area contributed by atoms with Crippen molar-refractivity contribution in [1.29, 1.82) is 0 Å². The number of carbonyl (C=O) groups is 2. The summed E-state index contributed by atoms with van der Waals surface area (Å²) >= 11 is 0. The molecule has 1 fully saturated rings. The van der Waals surface area contributed by atoms with Crippen LogP contribution in [-0.2, 0) is 9.59 Å². The van der Waals surface area contributed by atoms with Gasteiger partial charge >= 0.3 is 5.97 Å². The smallest absolute Gasteiger partial charge is 0.322 e. The number of piperazine rings is 1. The number of nitrogens with zero attached hydrogens (tertiary/aromatic N) is 1. The molecule has 0 spiro atoms. The molecule has 21 heavy (non-hydrogen) atoms. The molecule has 2 atom stereocenters. The fraction of sp³-hybridized carbons (Fsp3) is 0.429. The molecule has 2 aliphatic rings. The zero-order valence-electron chi connectivity index (χ0n) is 11.3. The molecule has 3 rings (SSSR count). The average Bonchev–Trinajstić information content (AvgIpc) is 2.53. The van der Waals surface area contributed by atoms with Gasteiger partial charge in [-0.15, -0.1) is 0 Å². The maximum atomic E-state index is 12.4. The highest BCUT2D eigenvalue weighted by Gasteiger charge is 2.34. The van der Waals surface area contributed by atoms with Crippen molar-refractivity contribution >= 4 is 11.9 Å². The largest absolute Gasteiger partial charge is 0.485 e. The summed E-state index contributed by atoms with van der Waals surface area (Å²) in [6.07, 6.45) is -0.729. The lowest BCUT2D eigenvalue weighted by Crippen LogP contribution is -2.58. The van der Waals surface area contributed by atoms with Gasteiger partial charge in [-0.3, -0.25) is 9.59 Å². The van der Waals surface area contributed by atoms with E-state index in [1.807, 2.05) is 6.07 Å². The molecule has 0 unspecified atom stereocenters. The maximum Gasteiger partial charge on any atom is 0.322 e. The molecule has 2 N–H and O–H groups in total. The molecule has 0 radical (unpaired) electrons. The number of aliphatic carboxylic acids is 1. The number of benzene rings is 1. The lowest BCUT2D eigenvalue weighted by molar-refractivity contribution is -0.146. The highest BCUT2D eigenvalue weighted by atomic mass is 16.6. The van der Waals surface area contributed by atoms with Crippen molar-refractivity contribution < 1.29 is 24.2 Å². The first kappa shape index (κ1) is 13.7. The number of fused-ring (bicyclic) bond motifs is 1. The number of rotatable bonds is 2. The summed E-state index contributed by atoms with van der Waals surface area (Å²) in [7, 11) is 0. The third-order valence-corrected chi connectivity index (χ3v) is 3.57. The topological polar surface area (TPSA) is 88.1 Å². The maximum absolute atomic E-state index is 12.4. The van der Waals surface area contributed by atoms with E-state index in [2.05, 4.69) is 5.32 Å². The zero-order valence-corrected chi connectivity index (χ0v) is 11.3. The second-order valence-electron chi connectivity index (χ2n) is 4.99. The third-order valence-electron chi connectivity index (χ3n) is 3.57. The summed E-state index contributed by atoms with van der Waals surface area (Å²) in [4.78, 5) is 24.9. The molecular formula is C14H16N2O5. The SMILES string of the molecule is O=C(O)[C@H]1CN(C(=O)[C@@H]2COc3ccccc3O2)CCN1. The number of amides is 1. The fourth-order valence-corrected chi connectivity index (χ4v) is 2.46. The molecule has 7 nitrogen and oxygen atoms in total. The molecule has 1 aromatic carbocycles. The Labute approximate surface area is 121 Å². The van der Waals surface area contributed by atoms with Gasteiger partial charge in [-0.25, -0.2) is 0 Å². The van der Waals surface area contributed by atoms with E-state index in [0.29, 0.717) is 24.6 Å². The first-order chi connectivity index (χ1) is 10.1. The van der Waals surface area contributed by atoms with E-state index in [1.165, 1.54) is 4.90 Å². The van der Waals surface area contributed by atoms with E-state index >= 15 is 0 Å². The number of hydrogen-bond donors (Lipinski definition) is 2. The van der Waals surface area contributed by atoms with E-state index in [4.69, 9.17) is 14.6 Å². The number of carbonyl (C=O) groups excluding carboxylic acids is 1. The number of nitrogens with one attached hydrogen (secondary N) is 1. The monoisotopic (exact) mass is 292 g/mol. The van der Waals surface area contributed by atoms with Crippen LogP contribution >= 0.6 is 0 Å². The van der Waals surface area contributed by atoms with Crippen molar-refractivity contribution in [3.63, 3.8) is 0 Å². The predicted octanol–water partition coefficient (Wildman–Crippen LogP) is -0.289. The molecule has 7 heteroatoms. The van der Waals surface area contributed by atoms with E-state index in [1.54, 1.807) is 18.2 Å². The Kier molecular flexibility index (Phi) is 3.66. The van der Waals surface area contributed by atoms with Gasteiger partial charge in [0.05, 0.1) is 0 Å². The van der Waals surface area contributed by atoms with Crippen LogP contribution in [0.15, 0.2) is 24.3 Å². The second kappa shape index (κ2) is 5.61. The Balaban J connectivity index is 1.67. The lowest BCUT2D eigenvalue weighted by Gasteiger charge is -2.35. The molecule has 0 aromatic heterocycles. The van der Waals surface area contributed by atoms with Crippen LogP contribution in [0.4, 0.5) is 0 Å². The van der Waals surface area contributed by atoms with Crippen LogP contribution in [0.25, 0.3) is 0 Å². The van der Waals surface area contributed by atoms with Gasteiger partial charge < -0.3 is 24.8 Å². The molecule has 0 aliphatic carbocycles. The molecule has 1 amide bonds. The third kappa shape index (κ3) is 2.78. The number of ether oxygens (including phenoxy) is 2. The minimum absolute atomic E-state index is 0.135. The second-order valence-corrected chi connectivity index (χ2v) is 4.99. The minimum Gasteiger partial charge on any atom is -0.485 e. The first-order valence-electron chi connectivity index (χ1n) is 6.78. The van der Waals surface area contributed by atoms with Crippen molar-refractivity contribution in [3.8, 4) is 11.5 Å². The van der Waals surface area contributed by atoms with Gasteiger partial charge in [-0.1, -0.05) is 12.1 Å². The minimum atomic E-state index is -0.960. The first-order valence-corrected chi connectivity index (χ1v) is 6.78. The Morgan fingerprint density at radius 1 is 1.29 bits per heavy atom. The van der Waals surface area contributed by atoms with Crippen LogP contribution in [0.3, 0.4) is 0 Å². The lowest BCUT2D eigenvalue weighted by atomic mass is 10.2. The Hall–Kier alpha value is -2.28. The summed E-state index contributed by atoms with van der Waals surface area (Å²) in [5.41, 5.74) is 0.